The second-order valence-electron chi connectivity index (χ2n) is 12.1. The van der Waals surface area contributed by atoms with E-state index in [1.807, 2.05) is 0 Å². The fraction of sp³-hybridized carbons (Fsp3) is 0.852. The average Bonchev–Trinajstić information content (AvgIpc) is 3.10. The molecule has 0 aromatic carbocycles. The lowest BCUT2D eigenvalue weighted by Gasteiger charge is -2.59. The molecule has 0 amide bonds. The number of morpholine rings is 1. The number of hydrogen-bond donors (Lipinski definition) is 1. The predicted molar refractivity (Wildman–Crippen MR) is 123 cm³/mol. The van der Waals surface area contributed by atoms with Gasteiger partial charge in [0.15, 0.2) is 5.78 Å². The van der Waals surface area contributed by atoms with Crippen LogP contribution in [0.1, 0.15) is 65.2 Å². The normalized spacial score (nSPS) is 46.8. The summed E-state index contributed by atoms with van der Waals surface area (Å²) in [5, 5.41) is 10.2. The summed E-state index contributed by atoms with van der Waals surface area (Å²) in [6.07, 6.45) is 7.17. The maximum absolute atomic E-state index is 13.8. The van der Waals surface area contributed by atoms with Crippen LogP contribution < -0.4 is 0 Å². The van der Waals surface area contributed by atoms with E-state index in [9.17, 15) is 14.7 Å². The Morgan fingerprint density at radius 1 is 1.12 bits per heavy atom. The first-order valence-corrected chi connectivity index (χ1v) is 13.0. The van der Waals surface area contributed by atoms with Gasteiger partial charge in [0.05, 0.1) is 19.3 Å². The maximum Gasteiger partial charge on any atom is 0.163 e. The summed E-state index contributed by atoms with van der Waals surface area (Å²) in [7, 11) is 0. The van der Waals surface area contributed by atoms with Crippen molar-refractivity contribution in [2.75, 3.05) is 32.8 Å². The third kappa shape index (κ3) is 3.54. The van der Waals surface area contributed by atoms with E-state index >= 15 is 0 Å². The summed E-state index contributed by atoms with van der Waals surface area (Å²) in [5.41, 5.74) is 0.522. The van der Waals surface area contributed by atoms with E-state index in [2.05, 4.69) is 25.3 Å². The van der Waals surface area contributed by atoms with Crippen molar-refractivity contribution in [3.8, 4) is 0 Å². The number of ketones is 2. The van der Waals surface area contributed by atoms with Gasteiger partial charge in [0, 0.05) is 43.5 Å². The van der Waals surface area contributed by atoms with Crippen LogP contribution in [0.25, 0.3) is 0 Å². The Kier molecular flexibility index (Phi) is 5.91. The van der Waals surface area contributed by atoms with Gasteiger partial charge in [0.25, 0.3) is 0 Å². The Hall–Kier alpha value is -1.04. The zero-order valence-corrected chi connectivity index (χ0v) is 20.0. The zero-order valence-electron chi connectivity index (χ0n) is 20.0. The molecule has 5 nitrogen and oxygen atoms in total. The first kappa shape index (κ1) is 22.7. The molecule has 1 heterocycles. The molecule has 5 rings (SSSR count). The number of ether oxygens (including phenoxy) is 1. The predicted octanol–water partition coefficient (Wildman–Crippen LogP) is 3.64. The van der Waals surface area contributed by atoms with Crippen molar-refractivity contribution in [1.29, 1.82) is 0 Å². The monoisotopic (exact) mass is 443 g/mol. The molecule has 0 radical (unpaired) electrons. The molecule has 0 bridgehead atoms. The summed E-state index contributed by atoms with van der Waals surface area (Å²) in [5.74, 6) is 1.99. The third-order valence-electron chi connectivity index (χ3n) is 10.5. The molecule has 0 aromatic heterocycles. The van der Waals surface area contributed by atoms with Crippen LogP contribution in [0.4, 0.5) is 0 Å². The third-order valence-corrected chi connectivity index (χ3v) is 10.5. The topological polar surface area (TPSA) is 66.8 Å². The number of hydrogen-bond acceptors (Lipinski definition) is 5. The molecule has 32 heavy (non-hydrogen) atoms. The van der Waals surface area contributed by atoms with E-state index in [0.717, 1.165) is 71.2 Å². The van der Waals surface area contributed by atoms with E-state index in [4.69, 9.17) is 4.74 Å². The Morgan fingerprint density at radius 2 is 1.88 bits per heavy atom. The maximum atomic E-state index is 13.8. The highest BCUT2D eigenvalue weighted by Crippen LogP contribution is 2.66. The Bertz CT molecular complexity index is 789. The van der Waals surface area contributed by atoms with Crippen molar-refractivity contribution in [3.63, 3.8) is 0 Å². The number of Topliss-reactive ketones (excluding diaryl/α,β-unsaturated/α-hetero) is 2. The molecule has 0 spiro atoms. The van der Waals surface area contributed by atoms with Gasteiger partial charge in [-0.05, 0) is 73.5 Å². The van der Waals surface area contributed by atoms with Gasteiger partial charge >= 0.3 is 0 Å². The van der Waals surface area contributed by atoms with Crippen molar-refractivity contribution in [2.45, 2.75) is 71.3 Å². The van der Waals surface area contributed by atoms with Gasteiger partial charge in [-0.2, -0.15) is 0 Å². The van der Waals surface area contributed by atoms with Crippen molar-refractivity contribution in [2.24, 2.45) is 40.4 Å². The van der Waals surface area contributed by atoms with Crippen molar-refractivity contribution >= 4 is 11.6 Å². The van der Waals surface area contributed by atoms with Gasteiger partial charge in [0.2, 0.25) is 0 Å². The highest BCUT2D eigenvalue weighted by atomic mass is 16.5. The van der Waals surface area contributed by atoms with E-state index in [-0.39, 0.29) is 34.6 Å². The summed E-state index contributed by atoms with van der Waals surface area (Å²) in [4.78, 5) is 29.6. The van der Waals surface area contributed by atoms with Crippen LogP contribution in [0.5, 0.6) is 0 Å². The number of nitrogens with zero attached hydrogens (tertiary/aromatic N) is 1. The quantitative estimate of drug-likeness (QED) is 0.672. The molecule has 8 atom stereocenters. The lowest BCUT2D eigenvalue weighted by atomic mass is 9.44. The molecule has 5 aliphatic rings. The van der Waals surface area contributed by atoms with Gasteiger partial charge in [-0.25, -0.2) is 0 Å². The molecular weight excluding hydrogens is 402 g/mol. The van der Waals surface area contributed by atoms with Gasteiger partial charge in [-0.3, -0.25) is 14.5 Å². The minimum atomic E-state index is -0.222. The minimum Gasteiger partial charge on any atom is -0.393 e. The SMILES string of the molecule is C=C(CN1CCOCC1)C(=O)[C@H]1CC[C@H]2[C@@H]3CC[C@H]4C[C@H](O)CC[C@]4(C)[C@H]3C(=O)C[C@]12C. The summed E-state index contributed by atoms with van der Waals surface area (Å²) >= 11 is 0. The summed E-state index contributed by atoms with van der Waals surface area (Å²) in [6, 6.07) is 0. The second-order valence-corrected chi connectivity index (χ2v) is 12.1. The number of aliphatic hydroxyl groups excluding tert-OH is 1. The second kappa shape index (κ2) is 8.32. The first-order chi connectivity index (χ1) is 15.2. The summed E-state index contributed by atoms with van der Waals surface area (Å²) in [6.45, 7) is 12.5. The van der Waals surface area contributed by atoms with E-state index in [1.54, 1.807) is 0 Å². The van der Waals surface area contributed by atoms with Crippen LogP contribution >= 0.6 is 0 Å². The Morgan fingerprint density at radius 3 is 2.62 bits per heavy atom. The molecule has 1 N–H and O–H groups in total. The number of rotatable bonds is 4. The molecular formula is C27H41NO4. The molecule has 4 saturated carbocycles. The molecule has 0 aromatic rings. The lowest BCUT2D eigenvalue weighted by Crippen LogP contribution is -2.58. The molecule has 1 saturated heterocycles. The molecule has 4 aliphatic carbocycles. The van der Waals surface area contributed by atoms with Crippen molar-refractivity contribution < 1.29 is 19.4 Å². The lowest BCUT2D eigenvalue weighted by molar-refractivity contribution is -0.162. The van der Waals surface area contributed by atoms with Gasteiger partial charge in [-0.1, -0.05) is 20.4 Å². The minimum absolute atomic E-state index is 0.0303. The van der Waals surface area contributed by atoms with Crippen molar-refractivity contribution in [3.05, 3.63) is 12.2 Å². The fourth-order valence-corrected chi connectivity index (χ4v) is 8.83. The number of carbonyl (C=O) groups excluding carboxylic acids is 2. The van der Waals surface area contributed by atoms with Crippen LogP contribution in [0.15, 0.2) is 12.2 Å². The average molecular weight is 444 g/mol. The Labute approximate surface area is 192 Å². The van der Waals surface area contributed by atoms with Gasteiger partial charge < -0.3 is 9.84 Å². The molecule has 1 aliphatic heterocycles. The van der Waals surface area contributed by atoms with Crippen LogP contribution in [0, 0.1) is 40.4 Å². The largest absolute Gasteiger partial charge is 0.393 e. The first-order valence-electron chi connectivity index (χ1n) is 13.0. The smallest absolute Gasteiger partial charge is 0.163 e. The van der Waals surface area contributed by atoms with Crippen LogP contribution in [-0.2, 0) is 14.3 Å². The highest BCUT2D eigenvalue weighted by molar-refractivity contribution is 5.98. The molecule has 0 unspecified atom stereocenters. The van der Waals surface area contributed by atoms with E-state index in [0.29, 0.717) is 42.1 Å². The zero-order chi connectivity index (χ0) is 22.7. The van der Waals surface area contributed by atoms with E-state index < -0.39 is 0 Å². The molecule has 5 fully saturated rings. The number of carbonyl (C=O) groups is 2. The number of aliphatic hydroxyl groups is 1. The standard InChI is InChI=1S/C27H41NO4/c1-17(16-28-10-12-32-13-11-28)25(31)22-7-6-21-20-5-4-18-14-19(29)8-9-26(18,2)24(20)23(30)15-27(21,22)3/h18-22,24,29H,1,4-16H2,2-3H3/t18-,19+,20-,21-,22+,24+,26-,27-/m0/s1. The summed E-state index contributed by atoms with van der Waals surface area (Å²) < 4.78 is 5.43. The van der Waals surface area contributed by atoms with Crippen molar-refractivity contribution in [1.82, 2.24) is 4.90 Å². The Balaban J connectivity index is 1.34. The number of fused-ring (bicyclic) bond motifs is 5. The van der Waals surface area contributed by atoms with Crippen LogP contribution in [0.3, 0.4) is 0 Å². The van der Waals surface area contributed by atoms with Crippen LogP contribution in [0.2, 0.25) is 0 Å². The van der Waals surface area contributed by atoms with Gasteiger partial charge in [-0.15, -0.1) is 0 Å². The van der Waals surface area contributed by atoms with Gasteiger partial charge in [0.1, 0.15) is 5.78 Å². The molecule has 5 heteroatoms. The highest BCUT2D eigenvalue weighted by Gasteiger charge is 2.64. The van der Waals surface area contributed by atoms with Crippen LogP contribution in [-0.4, -0.2) is 60.5 Å². The molecule has 178 valence electrons. The van der Waals surface area contributed by atoms with E-state index in [1.165, 1.54) is 0 Å². The fourth-order valence-electron chi connectivity index (χ4n) is 8.83.